The summed E-state index contributed by atoms with van der Waals surface area (Å²) >= 11 is 6.66. The minimum atomic E-state index is -0.865. The second kappa shape index (κ2) is 7.13. The zero-order valence-electron chi connectivity index (χ0n) is 18.4. The van der Waals surface area contributed by atoms with Gasteiger partial charge in [0.1, 0.15) is 6.29 Å². The zero-order valence-corrected chi connectivity index (χ0v) is 19.1. The highest BCUT2D eigenvalue weighted by molar-refractivity contribution is 6.34. The first-order valence-corrected chi connectivity index (χ1v) is 10.9. The van der Waals surface area contributed by atoms with E-state index in [-0.39, 0.29) is 28.0 Å². The maximum atomic E-state index is 12.5. The molecular weight excluding hydrogens is 406 g/mol. The first-order valence-electron chi connectivity index (χ1n) is 10.6. The highest BCUT2D eigenvalue weighted by Crippen LogP contribution is 2.63. The molecule has 3 fully saturated rings. The molecule has 6 nitrogen and oxygen atoms in total. The quantitative estimate of drug-likeness (QED) is 0.507. The van der Waals surface area contributed by atoms with E-state index in [0.29, 0.717) is 22.6 Å². The van der Waals surface area contributed by atoms with Gasteiger partial charge in [0.05, 0.1) is 17.7 Å². The summed E-state index contributed by atoms with van der Waals surface area (Å²) < 4.78 is 17.9. The Morgan fingerprint density at radius 1 is 1.13 bits per heavy atom. The maximum absolute atomic E-state index is 12.5. The Bertz CT molecular complexity index is 887. The van der Waals surface area contributed by atoms with E-state index in [9.17, 15) is 9.59 Å². The lowest BCUT2D eigenvalue weighted by molar-refractivity contribution is -0.211. The van der Waals surface area contributed by atoms with Crippen LogP contribution in [0, 0.1) is 12.3 Å². The maximum Gasteiger partial charge on any atom is 0.338 e. The molecule has 30 heavy (non-hydrogen) atoms. The molecule has 0 radical (unpaired) electrons. The number of rotatable bonds is 5. The average Bonchev–Trinajstić information content (AvgIpc) is 3.13. The Morgan fingerprint density at radius 2 is 1.70 bits per heavy atom. The van der Waals surface area contributed by atoms with Crippen LogP contribution in [0.5, 0.6) is 11.5 Å². The number of methoxy groups -OCH3 is 1. The molecule has 0 saturated heterocycles. The van der Waals surface area contributed by atoms with Gasteiger partial charge in [-0.15, -0.1) is 0 Å². The first kappa shape index (κ1) is 21.4. The van der Waals surface area contributed by atoms with Crippen molar-refractivity contribution in [3.8, 4) is 11.5 Å². The molecule has 4 aliphatic rings. The molecule has 1 aromatic rings. The fourth-order valence-corrected chi connectivity index (χ4v) is 6.16. The predicted molar refractivity (Wildman–Crippen MR) is 114 cm³/mol. The van der Waals surface area contributed by atoms with Crippen LogP contribution >= 0.6 is 11.6 Å². The van der Waals surface area contributed by atoms with Crippen molar-refractivity contribution in [3.05, 3.63) is 21.7 Å². The van der Waals surface area contributed by atoms with E-state index in [0.717, 1.165) is 44.8 Å². The smallest absolute Gasteiger partial charge is 0.338 e. The number of aldehydes is 1. The number of ether oxygens (including phenoxy) is 3. The monoisotopic (exact) mass is 435 g/mol. The lowest BCUT2D eigenvalue weighted by atomic mass is 9.54. The number of hydrogen-bond donors (Lipinski definition) is 0. The normalized spacial score (nSPS) is 31.8. The SMILES string of the molecule is COC(=O)c1c(C)c2c(c(Cl)c1CC=O)OC(C)(C13CCC(N(C)C)(CC1)CC3)O2. The van der Waals surface area contributed by atoms with Crippen LogP contribution in [0.2, 0.25) is 5.02 Å². The van der Waals surface area contributed by atoms with E-state index in [1.165, 1.54) is 7.11 Å². The molecule has 5 rings (SSSR count). The molecule has 1 unspecified atom stereocenters. The van der Waals surface area contributed by atoms with Gasteiger partial charge in [-0.2, -0.15) is 0 Å². The van der Waals surface area contributed by atoms with Gasteiger partial charge in [-0.25, -0.2) is 4.79 Å². The van der Waals surface area contributed by atoms with Gasteiger partial charge in [-0.3, -0.25) is 0 Å². The highest BCUT2D eigenvalue weighted by atomic mass is 35.5. The van der Waals surface area contributed by atoms with Gasteiger partial charge in [0.25, 0.3) is 5.79 Å². The van der Waals surface area contributed by atoms with Crippen molar-refractivity contribution < 1.29 is 23.8 Å². The summed E-state index contributed by atoms with van der Waals surface area (Å²) in [7, 11) is 5.66. The number of benzene rings is 1. The third-order valence-electron chi connectivity index (χ3n) is 8.08. The number of nitrogens with zero attached hydrogens (tertiary/aromatic N) is 1. The van der Waals surface area contributed by atoms with E-state index >= 15 is 0 Å². The Morgan fingerprint density at radius 3 is 2.20 bits per heavy atom. The third kappa shape index (κ3) is 2.79. The van der Waals surface area contributed by atoms with Crippen LogP contribution in [-0.4, -0.2) is 49.7 Å². The molecule has 3 aliphatic carbocycles. The Kier molecular flexibility index (Phi) is 5.09. The topological polar surface area (TPSA) is 65.1 Å². The zero-order chi connectivity index (χ0) is 21.9. The summed E-state index contributed by atoms with van der Waals surface area (Å²) in [6.07, 6.45) is 7.09. The molecular formula is C23H30ClNO5. The number of fused-ring (bicyclic) bond motifs is 4. The predicted octanol–water partition coefficient (Wildman–Crippen LogP) is 4.32. The van der Waals surface area contributed by atoms with E-state index in [2.05, 4.69) is 19.0 Å². The summed E-state index contributed by atoms with van der Waals surface area (Å²) in [5, 5.41) is 0.262. The number of carbonyl (C=O) groups excluding carboxylic acids is 2. The van der Waals surface area contributed by atoms with E-state index in [1.54, 1.807) is 6.92 Å². The standard InChI is InChI=1S/C23H30ClNO5/c1-14-16(20(27)28-5)15(6-13-26)17(24)19-18(14)29-21(2,30-19)22-7-10-23(11-8-22,12-9-22)25(3)4/h13H,6-12H2,1-5H3. The van der Waals surface area contributed by atoms with Crippen LogP contribution < -0.4 is 9.47 Å². The lowest BCUT2D eigenvalue weighted by Gasteiger charge is -2.59. The minimum absolute atomic E-state index is 0.00790. The van der Waals surface area contributed by atoms with E-state index < -0.39 is 11.8 Å². The molecule has 0 spiro atoms. The fraction of sp³-hybridized carbons (Fsp3) is 0.652. The number of esters is 1. The fourth-order valence-electron chi connectivity index (χ4n) is 5.87. The summed E-state index contributed by atoms with van der Waals surface area (Å²) in [6, 6.07) is 0. The van der Waals surface area contributed by atoms with Gasteiger partial charge in [-0.05, 0) is 65.1 Å². The second-order valence-corrected chi connectivity index (χ2v) is 9.74. The van der Waals surface area contributed by atoms with Crippen molar-refractivity contribution in [1.29, 1.82) is 0 Å². The molecule has 0 N–H and O–H groups in total. The van der Waals surface area contributed by atoms with Crippen molar-refractivity contribution in [1.82, 2.24) is 4.90 Å². The van der Waals surface area contributed by atoms with Crippen molar-refractivity contribution in [3.63, 3.8) is 0 Å². The van der Waals surface area contributed by atoms with Gasteiger partial charge >= 0.3 is 5.97 Å². The van der Waals surface area contributed by atoms with Crippen LogP contribution in [0.25, 0.3) is 0 Å². The molecule has 0 amide bonds. The summed E-state index contributed by atoms with van der Waals surface area (Å²) in [6.45, 7) is 3.79. The van der Waals surface area contributed by atoms with Crippen LogP contribution in [0.1, 0.15) is 66.9 Å². The van der Waals surface area contributed by atoms with E-state index in [4.69, 9.17) is 25.8 Å². The molecule has 7 heteroatoms. The van der Waals surface area contributed by atoms with Crippen molar-refractivity contribution in [2.75, 3.05) is 21.2 Å². The van der Waals surface area contributed by atoms with Gasteiger partial charge in [0.2, 0.25) is 0 Å². The van der Waals surface area contributed by atoms with E-state index in [1.807, 2.05) is 6.92 Å². The highest BCUT2D eigenvalue weighted by Gasteiger charge is 2.62. The first-order chi connectivity index (χ1) is 14.1. The molecule has 0 aromatic heterocycles. The van der Waals surface area contributed by atoms with Crippen molar-refractivity contribution >= 4 is 23.9 Å². The minimum Gasteiger partial charge on any atom is -0.465 e. The summed E-state index contributed by atoms with van der Waals surface area (Å²) in [5.41, 5.74) is 1.48. The number of hydrogen-bond acceptors (Lipinski definition) is 6. The Hall–Kier alpha value is -1.79. The van der Waals surface area contributed by atoms with Gasteiger partial charge in [-0.1, -0.05) is 11.6 Å². The third-order valence-corrected chi connectivity index (χ3v) is 8.48. The second-order valence-electron chi connectivity index (χ2n) is 9.36. The lowest BCUT2D eigenvalue weighted by Crippen LogP contribution is -2.62. The van der Waals surface area contributed by atoms with Crippen LogP contribution in [0.3, 0.4) is 0 Å². The van der Waals surface area contributed by atoms with Gasteiger partial charge < -0.3 is 23.9 Å². The summed E-state index contributed by atoms with van der Waals surface area (Å²) in [5.74, 6) is -0.474. The van der Waals surface area contributed by atoms with Gasteiger partial charge in [0, 0.05) is 29.9 Å². The van der Waals surface area contributed by atoms with Crippen molar-refractivity contribution in [2.45, 2.75) is 70.1 Å². The average molecular weight is 436 g/mol. The molecule has 1 aromatic carbocycles. The molecule has 3 saturated carbocycles. The van der Waals surface area contributed by atoms with Crippen LogP contribution in [0.15, 0.2) is 0 Å². The molecule has 164 valence electrons. The summed E-state index contributed by atoms with van der Waals surface area (Å²) in [4.78, 5) is 26.1. The van der Waals surface area contributed by atoms with Gasteiger partial charge in [0.15, 0.2) is 11.5 Å². The Labute approximate surface area is 182 Å². The van der Waals surface area contributed by atoms with Crippen LogP contribution in [-0.2, 0) is 16.0 Å². The molecule has 2 bridgehead atoms. The molecule has 1 heterocycles. The molecule has 1 aliphatic heterocycles. The number of halogens is 1. The largest absolute Gasteiger partial charge is 0.465 e. The molecule has 1 atom stereocenters. The van der Waals surface area contributed by atoms with Crippen molar-refractivity contribution in [2.24, 2.45) is 5.41 Å². The Balaban J connectivity index is 1.74. The van der Waals surface area contributed by atoms with Crippen LogP contribution in [0.4, 0.5) is 0 Å². The number of carbonyl (C=O) groups is 2.